The lowest BCUT2D eigenvalue weighted by Gasteiger charge is -2.21. The van der Waals surface area contributed by atoms with E-state index < -0.39 is 14.5 Å². The van der Waals surface area contributed by atoms with Crippen molar-refractivity contribution >= 4 is 14.5 Å². The third-order valence-corrected chi connectivity index (χ3v) is 3.13. The Kier molecular flexibility index (Phi) is 8.76. The van der Waals surface area contributed by atoms with Gasteiger partial charge in [0.1, 0.15) is 0 Å². The van der Waals surface area contributed by atoms with Gasteiger partial charge in [0.15, 0.2) is 0 Å². The van der Waals surface area contributed by atoms with Gasteiger partial charge in [-0.25, -0.2) is 0 Å². The minimum Gasteiger partial charge on any atom is -0.481 e. The summed E-state index contributed by atoms with van der Waals surface area (Å²) in [6.45, 7) is 8.36. The zero-order valence-corrected chi connectivity index (χ0v) is 11.3. The third kappa shape index (κ3) is 10.3. The molecule has 0 saturated heterocycles. The monoisotopic (exact) mass is 251 g/mol. The zero-order chi connectivity index (χ0) is 12.6. The Morgan fingerprint density at radius 2 is 1.75 bits per heavy atom. The molecule has 0 aliphatic carbocycles. The molecule has 0 unspecified atom stereocenters. The maximum Gasteiger partial charge on any atom is 0.303 e. The van der Waals surface area contributed by atoms with E-state index in [1.807, 2.05) is 27.7 Å². The Morgan fingerprint density at radius 1 is 1.25 bits per heavy atom. The Hall–Kier alpha value is -0.220. The molecule has 0 aromatic carbocycles. The molecule has 0 aromatic rings. The lowest BCUT2D eigenvalue weighted by molar-refractivity contribution is -0.137. The van der Waals surface area contributed by atoms with Crippen LogP contribution in [-0.4, -0.2) is 29.8 Å². The van der Waals surface area contributed by atoms with Crippen LogP contribution >= 0.6 is 8.53 Å². The van der Waals surface area contributed by atoms with E-state index >= 15 is 0 Å². The first kappa shape index (κ1) is 15.8. The number of rotatable bonds is 9. The van der Waals surface area contributed by atoms with Crippen LogP contribution in [0.4, 0.5) is 0 Å². The van der Waals surface area contributed by atoms with Gasteiger partial charge in [0.25, 0.3) is 8.53 Å². The van der Waals surface area contributed by atoms with Crippen molar-refractivity contribution < 1.29 is 18.9 Å². The van der Waals surface area contributed by atoms with Crippen molar-refractivity contribution in [2.45, 2.75) is 52.7 Å². The predicted octanol–water partition coefficient (Wildman–Crippen LogP) is 2.52. The number of hydrogen-bond donors (Lipinski definition) is 2. The third-order valence-electron chi connectivity index (χ3n) is 1.42. The van der Waals surface area contributed by atoms with Crippen LogP contribution in [0.2, 0.25) is 0 Å². The maximum atomic E-state index is 10.3. The second kappa shape index (κ2) is 8.88. The van der Waals surface area contributed by atoms with Crippen LogP contribution in [0, 0.1) is 0 Å². The van der Waals surface area contributed by atoms with E-state index in [2.05, 4.69) is 5.09 Å². The number of nitrogens with one attached hydrogen (secondary N) is 1. The Morgan fingerprint density at radius 3 is 2.12 bits per heavy atom. The molecule has 16 heavy (non-hydrogen) atoms. The summed E-state index contributed by atoms with van der Waals surface area (Å²) in [5.41, 5.74) is 0. The van der Waals surface area contributed by atoms with Gasteiger partial charge in [-0.15, -0.1) is 0 Å². The predicted molar refractivity (Wildman–Crippen MR) is 64.2 cm³/mol. The van der Waals surface area contributed by atoms with Gasteiger partial charge in [0.2, 0.25) is 0 Å². The van der Waals surface area contributed by atoms with Gasteiger partial charge in [-0.1, -0.05) is 0 Å². The standard InChI is InChI=1S/C10H22NO4P/c1-8(2)14-16(15-9(3)4)11-7-5-6-10(12)13/h8-9,11H,5-7H2,1-4H3,(H,12,13). The van der Waals surface area contributed by atoms with E-state index in [-0.39, 0.29) is 18.6 Å². The van der Waals surface area contributed by atoms with Crippen molar-refractivity contribution in [2.24, 2.45) is 0 Å². The molecule has 0 saturated carbocycles. The van der Waals surface area contributed by atoms with E-state index in [1.165, 1.54) is 0 Å². The highest BCUT2D eigenvalue weighted by Gasteiger charge is 2.14. The van der Waals surface area contributed by atoms with E-state index in [1.54, 1.807) is 0 Å². The van der Waals surface area contributed by atoms with Crippen molar-refractivity contribution in [1.82, 2.24) is 5.09 Å². The van der Waals surface area contributed by atoms with Crippen LogP contribution in [-0.2, 0) is 13.8 Å². The maximum absolute atomic E-state index is 10.3. The molecule has 0 rings (SSSR count). The molecule has 0 radical (unpaired) electrons. The smallest absolute Gasteiger partial charge is 0.303 e. The van der Waals surface area contributed by atoms with E-state index in [4.69, 9.17) is 14.2 Å². The molecular weight excluding hydrogens is 229 g/mol. The lowest BCUT2D eigenvalue weighted by atomic mass is 10.3. The van der Waals surface area contributed by atoms with Gasteiger partial charge in [0.05, 0.1) is 12.2 Å². The molecule has 0 spiro atoms. The molecule has 6 heteroatoms. The van der Waals surface area contributed by atoms with Crippen molar-refractivity contribution in [1.29, 1.82) is 0 Å². The van der Waals surface area contributed by atoms with Gasteiger partial charge in [-0.05, 0) is 34.1 Å². The number of aliphatic carboxylic acids is 1. The molecule has 0 aliphatic heterocycles. The number of carboxylic acid groups (broad SMARTS) is 1. The van der Waals surface area contributed by atoms with Crippen molar-refractivity contribution in [2.75, 3.05) is 6.54 Å². The van der Waals surface area contributed by atoms with Gasteiger partial charge in [-0.3, -0.25) is 9.88 Å². The summed E-state index contributed by atoms with van der Waals surface area (Å²) in [5.74, 6) is -0.777. The van der Waals surface area contributed by atoms with E-state index in [0.717, 1.165) is 0 Å². The average molecular weight is 251 g/mol. The number of hydrogen-bond acceptors (Lipinski definition) is 4. The van der Waals surface area contributed by atoms with Gasteiger partial charge in [-0.2, -0.15) is 0 Å². The normalized spacial score (nSPS) is 11.7. The van der Waals surface area contributed by atoms with Gasteiger partial charge in [0, 0.05) is 13.0 Å². The fourth-order valence-corrected chi connectivity index (χ4v) is 2.20. The lowest BCUT2D eigenvalue weighted by Crippen LogP contribution is -2.17. The van der Waals surface area contributed by atoms with Crippen molar-refractivity contribution in [3.8, 4) is 0 Å². The van der Waals surface area contributed by atoms with Gasteiger partial charge >= 0.3 is 5.97 Å². The first-order valence-electron chi connectivity index (χ1n) is 5.50. The van der Waals surface area contributed by atoms with Crippen molar-refractivity contribution in [3.05, 3.63) is 0 Å². The number of carbonyl (C=O) groups is 1. The van der Waals surface area contributed by atoms with Crippen LogP contribution in [0.5, 0.6) is 0 Å². The highest BCUT2D eigenvalue weighted by molar-refractivity contribution is 7.45. The topological polar surface area (TPSA) is 67.8 Å². The minimum absolute atomic E-state index is 0.0943. The minimum atomic E-state index is -1.11. The quantitative estimate of drug-likeness (QED) is 0.487. The largest absolute Gasteiger partial charge is 0.481 e. The molecule has 0 amide bonds. The Labute approximate surface area is 98.5 Å². The van der Waals surface area contributed by atoms with E-state index in [9.17, 15) is 4.79 Å². The second-order valence-corrected chi connectivity index (χ2v) is 5.22. The zero-order valence-electron chi connectivity index (χ0n) is 10.4. The average Bonchev–Trinajstić information content (AvgIpc) is 2.09. The molecule has 0 bridgehead atoms. The molecule has 0 aromatic heterocycles. The highest BCUT2D eigenvalue weighted by atomic mass is 31.2. The summed E-state index contributed by atoms with van der Waals surface area (Å²) >= 11 is 0. The summed E-state index contributed by atoms with van der Waals surface area (Å²) in [4.78, 5) is 10.3. The summed E-state index contributed by atoms with van der Waals surface area (Å²) in [6.07, 6.45) is 0.935. The van der Waals surface area contributed by atoms with Crippen molar-refractivity contribution in [3.63, 3.8) is 0 Å². The Balaban J connectivity index is 3.77. The van der Waals surface area contributed by atoms with E-state index in [0.29, 0.717) is 13.0 Å². The molecular formula is C10H22NO4P. The highest BCUT2D eigenvalue weighted by Crippen LogP contribution is 2.36. The van der Waals surface area contributed by atoms with Gasteiger partial charge < -0.3 is 14.2 Å². The summed E-state index contributed by atoms with van der Waals surface area (Å²) in [5, 5.41) is 11.6. The molecule has 5 nitrogen and oxygen atoms in total. The summed E-state index contributed by atoms with van der Waals surface area (Å²) in [7, 11) is -1.11. The van der Waals surface area contributed by atoms with Crippen LogP contribution in [0.25, 0.3) is 0 Å². The number of carboxylic acids is 1. The molecule has 0 aliphatic rings. The van der Waals surface area contributed by atoms with Crippen LogP contribution in [0.15, 0.2) is 0 Å². The molecule has 2 N–H and O–H groups in total. The first-order valence-corrected chi connectivity index (χ1v) is 6.68. The first-order chi connectivity index (χ1) is 7.41. The Bertz CT molecular complexity index is 189. The summed E-state index contributed by atoms with van der Waals surface area (Å²) in [6, 6.07) is 0. The summed E-state index contributed by atoms with van der Waals surface area (Å²) < 4.78 is 11.1. The van der Waals surface area contributed by atoms with Crippen LogP contribution in [0.3, 0.4) is 0 Å². The van der Waals surface area contributed by atoms with Crippen LogP contribution in [0.1, 0.15) is 40.5 Å². The molecule has 0 atom stereocenters. The molecule has 96 valence electrons. The van der Waals surface area contributed by atoms with Crippen LogP contribution < -0.4 is 5.09 Å². The molecule has 0 heterocycles. The fraction of sp³-hybridized carbons (Fsp3) is 0.900. The SMILES string of the molecule is CC(C)OP(NCCCC(=O)O)OC(C)C. The molecule has 0 fully saturated rings. The fourth-order valence-electron chi connectivity index (χ4n) is 0.892. The second-order valence-electron chi connectivity index (χ2n) is 3.97.